The van der Waals surface area contributed by atoms with Gasteiger partial charge in [-0.3, -0.25) is 4.98 Å². The third-order valence-corrected chi connectivity index (χ3v) is 4.98. The van der Waals surface area contributed by atoms with Crippen LogP contribution in [0.15, 0.2) is 83.8 Å². The third kappa shape index (κ3) is 3.49. The molecule has 1 aromatic carbocycles. The Kier molecular flexibility index (Phi) is 4.85. The molecule has 2 heterocycles. The first-order valence-corrected chi connectivity index (χ1v) is 9.37. The molecular weight excluding hydrogens is 348 g/mol. The summed E-state index contributed by atoms with van der Waals surface area (Å²) in [5.74, 6) is 1.31. The number of aliphatic imine (C=N–C) groups is 1. The van der Waals surface area contributed by atoms with Crippen molar-refractivity contribution in [3.05, 3.63) is 78.8 Å². The van der Waals surface area contributed by atoms with Gasteiger partial charge in [-0.25, -0.2) is 4.99 Å². The Hall–Kier alpha value is -3.54. The van der Waals surface area contributed by atoms with E-state index in [2.05, 4.69) is 56.2 Å². The summed E-state index contributed by atoms with van der Waals surface area (Å²) in [6.07, 6.45) is 8.57. The number of anilines is 1. The van der Waals surface area contributed by atoms with Crippen LogP contribution in [0.4, 0.5) is 5.69 Å². The van der Waals surface area contributed by atoms with Crippen LogP contribution in [0.3, 0.4) is 0 Å². The summed E-state index contributed by atoms with van der Waals surface area (Å²) in [6, 6.07) is 12.3. The molecule has 0 atom stereocenters. The number of aromatic nitrogens is 2. The van der Waals surface area contributed by atoms with Crippen molar-refractivity contribution in [2.45, 2.75) is 19.3 Å². The molecule has 0 bridgehead atoms. The molecule has 6 heteroatoms. The van der Waals surface area contributed by atoms with Crippen LogP contribution in [-0.4, -0.2) is 22.3 Å². The van der Waals surface area contributed by atoms with Crippen molar-refractivity contribution in [1.82, 2.24) is 14.9 Å². The Morgan fingerprint density at radius 2 is 2.00 bits per heavy atom. The molecule has 2 aromatic heterocycles. The van der Waals surface area contributed by atoms with Crippen LogP contribution < -0.4 is 16.4 Å². The van der Waals surface area contributed by atoms with Crippen LogP contribution in [0.5, 0.6) is 0 Å². The molecule has 1 saturated carbocycles. The van der Waals surface area contributed by atoms with E-state index in [9.17, 15) is 0 Å². The number of nitrogens with two attached hydrogens (primary N) is 1. The maximum atomic E-state index is 6.38. The standard InChI is InChI=1S/C22H24N6/c1-15(24-2)26-20-5-3-4-19(20)22(23)27-17-6-7-21-16(14-17)10-13-28(21)18-8-11-25-12-9-18/h6-14,24,27H,1,3-5,23H2,2H3/b22-19+,26-20-. The second-order valence-corrected chi connectivity index (χ2v) is 6.79. The number of hydrogen-bond donors (Lipinski definition) is 3. The van der Waals surface area contributed by atoms with Gasteiger partial charge in [0.05, 0.1) is 5.52 Å². The molecule has 1 aliphatic carbocycles. The first kappa shape index (κ1) is 17.9. The van der Waals surface area contributed by atoms with Crippen molar-refractivity contribution >= 4 is 22.3 Å². The lowest BCUT2D eigenvalue weighted by molar-refractivity contribution is 0.934. The van der Waals surface area contributed by atoms with Gasteiger partial charge in [0.15, 0.2) is 0 Å². The normalized spacial score (nSPS) is 17.1. The number of nitrogens with zero attached hydrogens (tertiary/aromatic N) is 3. The van der Waals surface area contributed by atoms with E-state index in [1.165, 1.54) is 0 Å². The summed E-state index contributed by atoms with van der Waals surface area (Å²) in [5, 5.41) is 7.46. The van der Waals surface area contributed by atoms with Crippen LogP contribution in [0, 0.1) is 0 Å². The van der Waals surface area contributed by atoms with Crippen molar-refractivity contribution in [3.8, 4) is 5.69 Å². The summed E-state index contributed by atoms with van der Waals surface area (Å²) in [6.45, 7) is 3.89. The second-order valence-electron chi connectivity index (χ2n) is 6.79. The number of fused-ring (bicyclic) bond motifs is 1. The van der Waals surface area contributed by atoms with Crippen molar-refractivity contribution < 1.29 is 0 Å². The van der Waals surface area contributed by atoms with Gasteiger partial charge < -0.3 is 20.9 Å². The average Bonchev–Trinajstić information content (AvgIpc) is 3.35. The Bertz CT molecular complexity index is 1070. The van der Waals surface area contributed by atoms with Crippen LogP contribution in [-0.2, 0) is 0 Å². The zero-order valence-electron chi connectivity index (χ0n) is 15.9. The van der Waals surface area contributed by atoms with Crippen LogP contribution in [0.2, 0.25) is 0 Å². The van der Waals surface area contributed by atoms with E-state index in [-0.39, 0.29) is 0 Å². The summed E-state index contributed by atoms with van der Waals surface area (Å²) < 4.78 is 2.15. The minimum Gasteiger partial charge on any atom is -0.385 e. The molecule has 142 valence electrons. The van der Waals surface area contributed by atoms with Gasteiger partial charge in [-0.1, -0.05) is 6.58 Å². The van der Waals surface area contributed by atoms with E-state index in [4.69, 9.17) is 5.73 Å². The highest BCUT2D eigenvalue weighted by Crippen LogP contribution is 2.27. The van der Waals surface area contributed by atoms with E-state index in [1.54, 1.807) is 12.4 Å². The lowest BCUT2D eigenvalue weighted by Crippen LogP contribution is -2.15. The molecule has 4 N–H and O–H groups in total. The topological polar surface area (TPSA) is 80.3 Å². The molecule has 0 spiro atoms. The summed E-state index contributed by atoms with van der Waals surface area (Å²) in [5.41, 5.74) is 11.7. The molecule has 3 aromatic rings. The van der Waals surface area contributed by atoms with Gasteiger partial charge in [0.1, 0.15) is 11.6 Å². The number of benzene rings is 1. The van der Waals surface area contributed by atoms with Gasteiger partial charge in [0.25, 0.3) is 0 Å². The minimum absolute atomic E-state index is 0.654. The number of nitrogens with one attached hydrogen (secondary N) is 2. The molecule has 28 heavy (non-hydrogen) atoms. The van der Waals surface area contributed by atoms with Gasteiger partial charge in [0, 0.05) is 53.7 Å². The molecule has 0 radical (unpaired) electrons. The minimum atomic E-state index is 0.654. The van der Waals surface area contributed by atoms with Gasteiger partial charge in [-0.2, -0.15) is 0 Å². The van der Waals surface area contributed by atoms with Gasteiger partial charge in [-0.05, 0) is 55.7 Å². The molecule has 4 rings (SSSR count). The predicted octanol–water partition coefficient (Wildman–Crippen LogP) is 3.92. The van der Waals surface area contributed by atoms with E-state index in [0.29, 0.717) is 11.6 Å². The second kappa shape index (κ2) is 7.60. The molecule has 0 unspecified atom stereocenters. The highest BCUT2D eigenvalue weighted by atomic mass is 15.0. The van der Waals surface area contributed by atoms with Gasteiger partial charge in [-0.15, -0.1) is 0 Å². The molecule has 0 aliphatic heterocycles. The van der Waals surface area contributed by atoms with Crippen molar-refractivity contribution in [1.29, 1.82) is 0 Å². The molecule has 6 nitrogen and oxygen atoms in total. The molecule has 0 amide bonds. The quantitative estimate of drug-likeness (QED) is 0.634. The summed E-state index contributed by atoms with van der Waals surface area (Å²) >= 11 is 0. The zero-order chi connectivity index (χ0) is 19.5. The SMILES string of the molecule is C=C(/N=C1/CCC/C1=C(/N)Nc1ccc2c(ccn2-c2ccncc2)c1)NC. The highest BCUT2D eigenvalue weighted by molar-refractivity contribution is 6.03. The average molecular weight is 372 g/mol. The van der Waals surface area contributed by atoms with Crippen molar-refractivity contribution in [3.63, 3.8) is 0 Å². The number of hydrogen-bond acceptors (Lipinski definition) is 5. The monoisotopic (exact) mass is 372 g/mol. The summed E-state index contributed by atoms with van der Waals surface area (Å²) in [4.78, 5) is 8.64. The van der Waals surface area contributed by atoms with Gasteiger partial charge >= 0.3 is 0 Å². The first-order chi connectivity index (χ1) is 13.7. The Labute approximate surface area is 164 Å². The van der Waals surface area contributed by atoms with E-state index < -0.39 is 0 Å². The predicted molar refractivity (Wildman–Crippen MR) is 115 cm³/mol. The third-order valence-electron chi connectivity index (χ3n) is 4.98. The smallest absolute Gasteiger partial charge is 0.118 e. The number of allylic oxidation sites excluding steroid dienone is 1. The molecule has 0 saturated heterocycles. The van der Waals surface area contributed by atoms with E-state index >= 15 is 0 Å². The molecular formula is C22H24N6. The Morgan fingerprint density at radius 1 is 1.18 bits per heavy atom. The lowest BCUT2D eigenvalue weighted by Gasteiger charge is -2.12. The highest BCUT2D eigenvalue weighted by Gasteiger charge is 2.19. The van der Waals surface area contributed by atoms with E-state index in [1.807, 2.05) is 25.2 Å². The zero-order valence-corrected chi connectivity index (χ0v) is 15.9. The van der Waals surface area contributed by atoms with Crippen LogP contribution in [0.25, 0.3) is 16.6 Å². The van der Waals surface area contributed by atoms with Gasteiger partial charge in [0.2, 0.25) is 0 Å². The Morgan fingerprint density at radius 3 is 2.79 bits per heavy atom. The number of rotatable bonds is 5. The Balaban J connectivity index is 1.62. The van der Waals surface area contributed by atoms with Crippen molar-refractivity contribution in [2.75, 3.05) is 12.4 Å². The van der Waals surface area contributed by atoms with Crippen molar-refractivity contribution in [2.24, 2.45) is 10.7 Å². The summed E-state index contributed by atoms with van der Waals surface area (Å²) in [7, 11) is 1.82. The first-order valence-electron chi connectivity index (χ1n) is 9.37. The molecule has 1 aliphatic rings. The fourth-order valence-electron chi connectivity index (χ4n) is 3.54. The van der Waals surface area contributed by atoms with E-state index in [0.717, 1.165) is 52.8 Å². The maximum absolute atomic E-state index is 6.38. The van der Waals surface area contributed by atoms with Crippen LogP contribution in [0.1, 0.15) is 19.3 Å². The lowest BCUT2D eigenvalue weighted by atomic mass is 10.2. The largest absolute Gasteiger partial charge is 0.385 e. The van der Waals surface area contributed by atoms with Crippen LogP contribution >= 0.6 is 0 Å². The number of pyridine rings is 1. The molecule has 1 fully saturated rings. The maximum Gasteiger partial charge on any atom is 0.118 e. The fourth-order valence-corrected chi connectivity index (χ4v) is 3.54. The fraction of sp³-hybridized carbons (Fsp3) is 0.182.